The first-order valence-corrected chi connectivity index (χ1v) is 9.36. The fraction of sp³-hybridized carbons (Fsp3) is 0.526. The minimum atomic E-state index is -2.55. The fourth-order valence-electron chi connectivity index (χ4n) is 3.66. The quantitative estimate of drug-likeness (QED) is 0.786. The maximum Gasteiger partial charge on any atom is 0.253 e. The molecular weight excluding hydrogens is 362 g/mol. The van der Waals surface area contributed by atoms with E-state index in [0.29, 0.717) is 36.5 Å². The van der Waals surface area contributed by atoms with Crippen LogP contribution in [0.25, 0.3) is 10.9 Å². The van der Waals surface area contributed by atoms with Gasteiger partial charge in [0, 0.05) is 31.0 Å². The van der Waals surface area contributed by atoms with E-state index >= 15 is 0 Å². The molecule has 4 nitrogen and oxygen atoms in total. The number of hydrogen-bond donors (Lipinski definition) is 1. The van der Waals surface area contributed by atoms with Crippen molar-refractivity contribution in [1.29, 1.82) is 0 Å². The topological polar surface area (TPSA) is 46.6 Å². The number of epoxide rings is 1. The van der Waals surface area contributed by atoms with E-state index in [-0.39, 0.29) is 30.8 Å². The monoisotopic (exact) mass is 382 g/mol. The van der Waals surface area contributed by atoms with Gasteiger partial charge in [-0.25, -0.2) is 8.78 Å². The van der Waals surface area contributed by atoms with Gasteiger partial charge in [-0.05, 0) is 30.9 Å². The molecule has 1 unspecified atom stereocenters. The van der Waals surface area contributed by atoms with E-state index in [4.69, 9.17) is 16.3 Å². The normalized spacial score (nSPS) is 22.5. The molecule has 2 aromatic rings. The Morgan fingerprint density at radius 2 is 2.08 bits per heavy atom. The summed E-state index contributed by atoms with van der Waals surface area (Å²) in [5.74, 6) is -2.66. The molecule has 1 saturated heterocycles. The number of amides is 1. The zero-order valence-corrected chi connectivity index (χ0v) is 15.1. The van der Waals surface area contributed by atoms with E-state index in [2.05, 4.69) is 5.32 Å². The zero-order chi connectivity index (χ0) is 18.3. The van der Waals surface area contributed by atoms with Crippen LogP contribution in [-0.2, 0) is 11.3 Å². The van der Waals surface area contributed by atoms with Crippen LogP contribution in [-0.4, -0.2) is 35.7 Å². The van der Waals surface area contributed by atoms with Crippen molar-refractivity contribution in [2.75, 3.05) is 13.2 Å². The van der Waals surface area contributed by atoms with Crippen LogP contribution in [0, 0.1) is 5.92 Å². The van der Waals surface area contributed by atoms with Crippen LogP contribution >= 0.6 is 11.6 Å². The predicted molar refractivity (Wildman–Crippen MR) is 95.9 cm³/mol. The molecule has 0 bridgehead atoms. The average molecular weight is 383 g/mol. The molecule has 0 radical (unpaired) electrons. The highest BCUT2D eigenvalue weighted by molar-refractivity contribution is 6.36. The molecule has 1 aromatic heterocycles. The molecule has 140 valence electrons. The molecular formula is C19H21ClF2N2O2. The average Bonchev–Trinajstić information content (AvgIpc) is 3.34. The summed E-state index contributed by atoms with van der Waals surface area (Å²) in [6, 6.07) is 5.56. The van der Waals surface area contributed by atoms with Gasteiger partial charge in [-0.15, -0.1) is 0 Å². The Kier molecular flexibility index (Phi) is 4.65. The van der Waals surface area contributed by atoms with Gasteiger partial charge in [0.1, 0.15) is 0 Å². The van der Waals surface area contributed by atoms with Gasteiger partial charge >= 0.3 is 0 Å². The first-order chi connectivity index (χ1) is 12.4. The number of ether oxygens (including phenoxy) is 1. The Bertz CT molecular complexity index is 822. The first kappa shape index (κ1) is 17.7. The number of nitrogens with zero attached hydrogens (tertiary/aromatic N) is 1. The van der Waals surface area contributed by atoms with Gasteiger partial charge in [0.15, 0.2) is 0 Å². The van der Waals surface area contributed by atoms with Crippen molar-refractivity contribution < 1.29 is 18.3 Å². The third-order valence-electron chi connectivity index (χ3n) is 5.29. The van der Waals surface area contributed by atoms with Gasteiger partial charge in [0.25, 0.3) is 5.91 Å². The van der Waals surface area contributed by atoms with E-state index in [1.165, 1.54) is 0 Å². The Morgan fingerprint density at radius 1 is 1.35 bits per heavy atom. The number of hydrogen-bond acceptors (Lipinski definition) is 2. The number of aromatic nitrogens is 1. The lowest BCUT2D eigenvalue weighted by Crippen LogP contribution is -2.33. The van der Waals surface area contributed by atoms with Crippen molar-refractivity contribution in [3.05, 3.63) is 35.0 Å². The predicted octanol–water partition coefficient (Wildman–Crippen LogP) is 4.25. The van der Waals surface area contributed by atoms with Crippen LogP contribution < -0.4 is 5.32 Å². The molecule has 1 atom stereocenters. The van der Waals surface area contributed by atoms with Crippen molar-refractivity contribution >= 4 is 28.4 Å². The first-order valence-electron chi connectivity index (χ1n) is 8.98. The van der Waals surface area contributed by atoms with E-state index < -0.39 is 5.92 Å². The van der Waals surface area contributed by atoms with Crippen molar-refractivity contribution in [3.8, 4) is 0 Å². The summed E-state index contributed by atoms with van der Waals surface area (Å²) >= 11 is 6.34. The van der Waals surface area contributed by atoms with E-state index in [1.54, 1.807) is 6.07 Å². The lowest BCUT2D eigenvalue weighted by Gasteiger charge is -2.28. The second kappa shape index (κ2) is 6.82. The van der Waals surface area contributed by atoms with Crippen molar-refractivity contribution in [1.82, 2.24) is 9.88 Å². The number of carbonyl (C=O) groups is 1. The molecule has 2 aliphatic rings. The van der Waals surface area contributed by atoms with Crippen LogP contribution in [0.5, 0.6) is 0 Å². The number of fused-ring (bicyclic) bond motifs is 1. The molecule has 7 heteroatoms. The SMILES string of the molecule is O=C(NCC1CCC(F)(F)CC1)c1cn(CC2CO2)c2cccc(Cl)c12. The molecule has 26 heavy (non-hydrogen) atoms. The molecule has 1 aliphatic carbocycles. The Balaban J connectivity index is 1.49. The molecule has 2 heterocycles. The molecule has 0 spiro atoms. The summed E-state index contributed by atoms with van der Waals surface area (Å²) < 4.78 is 33.8. The largest absolute Gasteiger partial charge is 0.371 e. The second-order valence-corrected chi connectivity index (χ2v) is 7.70. The number of nitrogens with one attached hydrogen (secondary N) is 1. The van der Waals surface area contributed by atoms with Crippen molar-refractivity contribution in [2.45, 2.75) is 44.3 Å². The molecule has 4 rings (SSSR count). The minimum absolute atomic E-state index is 0.0972. The maximum absolute atomic E-state index is 13.3. The number of halogens is 3. The number of carbonyl (C=O) groups excluding carboxylic acids is 1. The molecule has 1 N–H and O–H groups in total. The number of alkyl halides is 2. The van der Waals surface area contributed by atoms with Crippen LogP contribution in [0.2, 0.25) is 5.02 Å². The van der Waals surface area contributed by atoms with E-state index in [9.17, 15) is 13.6 Å². The van der Waals surface area contributed by atoms with E-state index in [1.807, 2.05) is 22.9 Å². The zero-order valence-electron chi connectivity index (χ0n) is 14.3. The van der Waals surface area contributed by atoms with Gasteiger partial charge < -0.3 is 14.6 Å². The number of rotatable bonds is 5. The van der Waals surface area contributed by atoms with Crippen LogP contribution in [0.15, 0.2) is 24.4 Å². The molecule has 1 aromatic carbocycles. The molecule has 1 amide bonds. The summed E-state index contributed by atoms with van der Waals surface area (Å²) in [6.07, 6.45) is 2.68. The Labute approximate surface area is 155 Å². The van der Waals surface area contributed by atoms with Crippen molar-refractivity contribution in [2.24, 2.45) is 5.92 Å². The van der Waals surface area contributed by atoms with Gasteiger partial charge in [-0.2, -0.15) is 0 Å². The Hall–Kier alpha value is -1.66. The van der Waals surface area contributed by atoms with Gasteiger partial charge in [0.05, 0.1) is 35.4 Å². The minimum Gasteiger partial charge on any atom is -0.371 e. The highest BCUT2D eigenvalue weighted by Gasteiger charge is 2.35. The summed E-state index contributed by atoms with van der Waals surface area (Å²) in [7, 11) is 0. The molecule has 1 saturated carbocycles. The van der Waals surface area contributed by atoms with Gasteiger partial charge in [-0.1, -0.05) is 17.7 Å². The summed E-state index contributed by atoms with van der Waals surface area (Å²) in [4.78, 5) is 12.7. The summed E-state index contributed by atoms with van der Waals surface area (Å²) in [5.41, 5.74) is 1.42. The molecule has 1 aliphatic heterocycles. The summed E-state index contributed by atoms with van der Waals surface area (Å²) in [5, 5.41) is 4.16. The smallest absolute Gasteiger partial charge is 0.253 e. The standard InChI is InChI=1S/C19H21ClF2N2O2/c20-15-2-1-3-16-17(15)14(10-24(16)9-13-11-26-13)18(25)23-8-12-4-6-19(21,22)7-5-12/h1-3,10,12-13H,4-9,11H2,(H,23,25). The Morgan fingerprint density at radius 3 is 2.77 bits per heavy atom. The third-order valence-corrected chi connectivity index (χ3v) is 5.61. The van der Waals surface area contributed by atoms with Crippen LogP contribution in [0.1, 0.15) is 36.0 Å². The van der Waals surface area contributed by atoms with Crippen LogP contribution in [0.3, 0.4) is 0 Å². The van der Waals surface area contributed by atoms with Crippen LogP contribution in [0.4, 0.5) is 8.78 Å². The number of benzene rings is 1. The third kappa shape index (κ3) is 3.71. The second-order valence-electron chi connectivity index (χ2n) is 7.29. The van der Waals surface area contributed by atoms with E-state index in [0.717, 1.165) is 17.5 Å². The van der Waals surface area contributed by atoms with Crippen molar-refractivity contribution in [3.63, 3.8) is 0 Å². The van der Waals surface area contributed by atoms with Gasteiger partial charge in [0.2, 0.25) is 5.92 Å². The highest BCUT2D eigenvalue weighted by atomic mass is 35.5. The fourth-order valence-corrected chi connectivity index (χ4v) is 3.93. The maximum atomic E-state index is 13.3. The van der Waals surface area contributed by atoms with Gasteiger partial charge in [-0.3, -0.25) is 4.79 Å². The lowest BCUT2D eigenvalue weighted by atomic mass is 9.87. The lowest BCUT2D eigenvalue weighted by molar-refractivity contribution is -0.0452. The summed E-state index contributed by atoms with van der Waals surface area (Å²) in [6.45, 7) is 1.83. The molecule has 2 fully saturated rings. The highest BCUT2D eigenvalue weighted by Crippen LogP contribution is 2.36.